The lowest BCUT2D eigenvalue weighted by molar-refractivity contribution is 0.103. The Balaban J connectivity index is 1.68. The van der Waals surface area contributed by atoms with E-state index in [1.165, 1.54) is 0 Å². The Hall–Kier alpha value is -2.18. The van der Waals surface area contributed by atoms with Crippen LogP contribution in [0.2, 0.25) is 0 Å². The maximum absolute atomic E-state index is 9.44. The van der Waals surface area contributed by atoms with Crippen LogP contribution in [0.15, 0.2) is 59.2 Å². The maximum Gasteiger partial charge on any atom is 0.191 e. The van der Waals surface area contributed by atoms with Gasteiger partial charge >= 0.3 is 0 Å². The SMILES string of the molecule is Cc1nc(-c2ccc(-c3ccc(CCC(CO)(CO)NCl)cc3)cc2)co1. The number of aliphatic hydroxyl groups is 2. The Morgan fingerprint density at radius 1 is 0.963 bits per heavy atom. The van der Waals surface area contributed by atoms with E-state index < -0.39 is 5.54 Å². The predicted octanol–water partition coefficient (Wildman–Crippen LogP) is 3.72. The number of aromatic nitrogens is 1. The smallest absolute Gasteiger partial charge is 0.191 e. The van der Waals surface area contributed by atoms with Crippen LogP contribution in [0.5, 0.6) is 0 Å². The molecule has 0 saturated heterocycles. The number of aryl methyl sites for hydroxylation is 2. The van der Waals surface area contributed by atoms with Gasteiger partial charge in [0.1, 0.15) is 12.0 Å². The van der Waals surface area contributed by atoms with Gasteiger partial charge in [-0.3, -0.25) is 0 Å². The van der Waals surface area contributed by atoms with Crippen molar-refractivity contribution >= 4 is 11.8 Å². The second-order valence-corrected chi connectivity index (χ2v) is 6.91. The van der Waals surface area contributed by atoms with Gasteiger partial charge in [0.2, 0.25) is 0 Å². The quantitative estimate of drug-likeness (QED) is 0.514. The first-order chi connectivity index (χ1) is 13.1. The molecule has 0 atom stereocenters. The number of nitrogens with one attached hydrogen (secondary N) is 1. The van der Waals surface area contributed by atoms with Crippen LogP contribution in [0.25, 0.3) is 22.4 Å². The number of oxazole rings is 1. The average Bonchev–Trinajstić information content (AvgIpc) is 3.16. The van der Waals surface area contributed by atoms with Crippen molar-refractivity contribution in [1.29, 1.82) is 0 Å². The fraction of sp³-hybridized carbons (Fsp3) is 0.286. The Morgan fingerprint density at radius 3 is 2.00 bits per heavy atom. The lowest BCUT2D eigenvalue weighted by atomic mass is 9.93. The van der Waals surface area contributed by atoms with E-state index >= 15 is 0 Å². The van der Waals surface area contributed by atoms with E-state index in [0.29, 0.717) is 18.7 Å². The van der Waals surface area contributed by atoms with Gasteiger partial charge in [-0.2, -0.15) is 0 Å². The van der Waals surface area contributed by atoms with Crippen molar-refractivity contribution in [2.75, 3.05) is 13.2 Å². The van der Waals surface area contributed by atoms with Gasteiger partial charge < -0.3 is 14.6 Å². The molecule has 0 radical (unpaired) electrons. The van der Waals surface area contributed by atoms with Gasteiger partial charge in [0.25, 0.3) is 0 Å². The molecule has 1 aromatic heterocycles. The summed E-state index contributed by atoms with van der Waals surface area (Å²) < 4.78 is 5.26. The number of aliphatic hydroxyl groups excluding tert-OH is 2. The summed E-state index contributed by atoms with van der Waals surface area (Å²) in [5, 5.41) is 18.9. The molecular formula is C21H23ClN2O3. The number of benzene rings is 2. The molecule has 0 fully saturated rings. The summed E-state index contributed by atoms with van der Waals surface area (Å²) in [6, 6.07) is 16.4. The monoisotopic (exact) mass is 386 g/mol. The minimum absolute atomic E-state index is 0.220. The van der Waals surface area contributed by atoms with E-state index in [0.717, 1.165) is 27.9 Å². The van der Waals surface area contributed by atoms with E-state index in [-0.39, 0.29) is 13.2 Å². The van der Waals surface area contributed by atoms with E-state index in [9.17, 15) is 10.2 Å². The summed E-state index contributed by atoms with van der Waals surface area (Å²) in [6.45, 7) is 1.39. The number of nitrogens with zero attached hydrogens (tertiary/aromatic N) is 1. The zero-order chi connectivity index (χ0) is 19.3. The predicted molar refractivity (Wildman–Crippen MR) is 106 cm³/mol. The Kier molecular flexibility index (Phi) is 6.29. The first kappa shape index (κ1) is 19.6. The summed E-state index contributed by atoms with van der Waals surface area (Å²) in [6.07, 6.45) is 2.90. The molecule has 3 N–H and O–H groups in total. The highest BCUT2D eigenvalue weighted by atomic mass is 35.5. The molecular weight excluding hydrogens is 364 g/mol. The molecule has 0 bridgehead atoms. The van der Waals surface area contributed by atoms with Gasteiger partial charge in [-0.05, 0) is 41.3 Å². The van der Waals surface area contributed by atoms with Gasteiger partial charge in [0.15, 0.2) is 5.89 Å². The average molecular weight is 387 g/mol. The third-order valence-electron chi connectivity index (χ3n) is 4.78. The molecule has 5 nitrogen and oxygen atoms in total. The van der Waals surface area contributed by atoms with E-state index in [2.05, 4.69) is 46.2 Å². The molecule has 0 spiro atoms. The first-order valence-electron chi connectivity index (χ1n) is 8.80. The standard InChI is InChI=1S/C21H23ClN2O3/c1-15-23-20(12-27-15)19-8-6-18(7-9-19)17-4-2-16(3-5-17)10-11-21(13-25,14-26)24-22/h2-9,12,24-26H,10-11,13-14H2,1H3. The highest BCUT2D eigenvalue weighted by molar-refractivity contribution is 6.13. The molecule has 6 heteroatoms. The van der Waals surface area contributed by atoms with Crippen LogP contribution >= 0.6 is 11.8 Å². The van der Waals surface area contributed by atoms with Crippen LogP contribution < -0.4 is 4.84 Å². The van der Waals surface area contributed by atoms with Crippen molar-refractivity contribution in [3.63, 3.8) is 0 Å². The molecule has 27 heavy (non-hydrogen) atoms. The fourth-order valence-corrected chi connectivity index (χ4v) is 3.11. The van der Waals surface area contributed by atoms with Crippen molar-refractivity contribution in [3.05, 3.63) is 66.2 Å². The van der Waals surface area contributed by atoms with Crippen LogP contribution in [-0.4, -0.2) is 33.9 Å². The molecule has 0 aliphatic carbocycles. The Bertz CT molecular complexity index is 848. The topological polar surface area (TPSA) is 78.5 Å². The number of rotatable bonds is 8. The second-order valence-electron chi connectivity index (χ2n) is 6.72. The van der Waals surface area contributed by atoms with Gasteiger partial charge in [0, 0.05) is 12.5 Å². The van der Waals surface area contributed by atoms with Crippen molar-refractivity contribution in [2.24, 2.45) is 0 Å². The van der Waals surface area contributed by atoms with Gasteiger partial charge in [-0.1, -0.05) is 48.5 Å². The molecule has 0 amide bonds. The minimum atomic E-state index is -0.866. The van der Waals surface area contributed by atoms with Crippen LogP contribution in [0.3, 0.4) is 0 Å². The lowest BCUT2D eigenvalue weighted by Crippen LogP contribution is -2.47. The molecule has 0 saturated carbocycles. The normalized spacial score (nSPS) is 11.7. The van der Waals surface area contributed by atoms with E-state index in [4.69, 9.17) is 16.2 Å². The molecule has 0 aliphatic rings. The molecule has 3 aromatic rings. The van der Waals surface area contributed by atoms with Crippen LogP contribution in [0, 0.1) is 6.92 Å². The summed E-state index contributed by atoms with van der Waals surface area (Å²) in [4.78, 5) is 6.84. The summed E-state index contributed by atoms with van der Waals surface area (Å²) in [5.74, 6) is 0.653. The number of halogens is 1. The van der Waals surface area contributed by atoms with E-state index in [1.54, 1.807) is 6.26 Å². The largest absolute Gasteiger partial charge is 0.449 e. The van der Waals surface area contributed by atoms with Gasteiger partial charge in [0.05, 0.1) is 18.8 Å². The van der Waals surface area contributed by atoms with Crippen molar-refractivity contribution in [1.82, 2.24) is 9.82 Å². The molecule has 2 aromatic carbocycles. The summed E-state index contributed by atoms with van der Waals surface area (Å²) >= 11 is 5.67. The molecule has 1 heterocycles. The number of hydrogen-bond donors (Lipinski definition) is 3. The van der Waals surface area contributed by atoms with E-state index in [1.807, 2.05) is 19.1 Å². The van der Waals surface area contributed by atoms with Gasteiger partial charge in [-0.25, -0.2) is 9.82 Å². The molecule has 3 rings (SSSR count). The van der Waals surface area contributed by atoms with Crippen molar-refractivity contribution in [3.8, 4) is 22.4 Å². The lowest BCUT2D eigenvalue weighted by Gasteiger charge is -2.27. The third-order valence-corrected chi connectivity index (χ3v) is 5.19. The summed E-state index contributed by atoms with van der Waals surface area (Å²) in [5.41, 5.74) is 4.34. The fourth-order valence-electron chi connectivity index (χ4n) is 2.89. The molecule has 142 valence electrons. The molecule has 0 aliphatic heterocycles. The second kappa shape index (κ2) is 8.67. The third kappa shape index (κ3) is 4.57. The zero-order valence-corrected chi connectivity index (χ0v) is 15.9. The maximum atomic E-state index is 9.44. The van der Waals surface area contributed by atoms with Crippen LogP contribution in [0.1, 0.15) is 17.9 Å². The Morgan fingerprint density at radius 2 is 1.52 bits per heavy atom. The van der Waals surface area contributed by atoms with Crippen LogP contribution in [-0.2, 0) is 6.42 Å². The van der Waals surface area contributed by atoms with Gasteiger partial charge in [-0.15, -0.1) is 0 Å². The number of hydrogen-bond acceptors (Lipinski definition) is 5. The highest BCUT2D eigenvalue weighted by Gasteiger charge is 2.27. The van der Waals surface area contributed by atoms with Crippen LogP contribution in [0.4, 0.5) is 0 Å². The zero-order valence-electron chi connectivity index (χ0n) is 15.2. The summed E-state index contributed by atoms with van der Waals surface area (Å²) in [7, 11) is 0. The first-order valence-corrected chi connectivity index (χ1v) is 9.18. The minimum Gasteiger partial charge on any atom is -0.449 e. The van der Waals surface area contributed by atoms with Crippen molar-refractivity contribution < 1.29 is 14.6 Å². The van der Waals surface area contributed by atoms with Crippen molar-refractivity contribution in [2.45, 2.75) is 25.3 Å². The highest BCUT2D eigenvalue weighted by Crippen LogP contribution is 2.25. The Labute approximate surface area is 163 Å². The molecule has 0 unspecified atom stereocenters.